The van der Waals surface area contributed by atoms with Crippen molar-refractivity contribution in [3.05, 3.63) is 34.9 Å². The van der Waals surface area contributed by atoms with Gasteiger partial charge in [0.05, 0.1) is 0 Å². The summed E-state index contributed by atoms with van der Waals surface area (Å²) in [6.45, 7) is 2.85. The Balaban J connectivity index is 2.68. The second-order valence-electron chi connectivity index (χ2n) is 3.15. The monoisotopic (exact) mass is 229 g/mol. The van der Waals surface area contributed by atoms with Crippen LogP contribution in [0.5, 0.6) is 0 Å². The second-order valence-corrected chi connectivity index (χ2v) is 4.90. The van der Waals surface area contributed by atoms with Crippen molar-refractivity contribution in [2.75, 3.05) is 12.3 Å². The lowest BCUT2D eigenvalue weighted by molar-refractivity contribution is 0.936. The van der Waals surface area contributed by atoms with Crippen molar-refractivity contribution in [1.29, 1.82) is 0 Å². The zero-order valence-electron chi connectivity index (χ0n) is 8.37. The third kappa shape index (κ3) is 3.52. The molecule has 0 bridgehead atoms. The molecule has 0 fully saturated rings. The highest BCUT2D eigenvalue weighted by Gasteiger charge is 2.09. The van der Waals surface area contributed by atoms with Gasteiger partial charge in [0.25, 0.3) is 0 Å². The van der Waals surface area contributed by atoms with Crippen LogP contribution < -0.4 is 5.73 Å². The minimum absolute atomic E-state index is 0.383. The molecule has 0 aliphatic rings. The van der Waals surface area contributed by atoms with Gasteiger partial charge in [0.1, 0.15) is 0 Å². The van der Waals surface area contributed by atoms with E-state index in [1.807, 2.05) is 30.0 Å². The van der Waals surface area contributed by atoms with Gasteiger partial charge in [-0.1, -0.05) is 30.7 Å². The highest BCUT2D eigenvalue weighted by atomic mass is 35.5. The van der Waals surface area contributed by atoms with E-state index in [1.54, 1.807) is 0 Å². The van der Waals surface area contributed by atoms with Gasteiger partial charge in [-0.2, -0.15) is 11.8 Å². The molecule has 78 valence electrons. The molecule has 1 aromatic rings. The molecule has 0 aliphatic carbocycles. The zero-order chi connectivity index (χ0) is 10.4. The summed E-state index contributed by atoms with van der Waals surface area (Å²) in [5.74, 6) is 1.15. The molecule has 0 aliphatic heterocycles. The number of halogens is 1. The first-order chi connectivity index (χ1) is 6.77. The molecule has 3 heteroatoms. The second kappa shape index (κ2) is 6.33. The summed E-state index contributed by atoms with van der Waals surface area (Å²) in [5, 5.41) is 1.17. The number of hydrogen-bond donors (Lipinski definition) is 1. The molecule has 0 amide bonds. The normalized spacial score (nSPS) is 12.8. The Kier molecular flexibility index (Phi) is 5.38. The zero-order valence-corrected chi connectivity index (χ0v) is 9.94. The number of thioether (sulfide) groups is 1. The Bertz CT molecular complexity index is 278. The van der Waals surface area contributed by atoms with E-state index >= 15 is 0 Å². The summed E-state index contributed by atoms with van der Waals surface area (Å²) in [6.07, 6.45) is 1.18. The van der Waals surface area contributed by atoms with E-state index in [9.17, 15) is 0 Å². The number of rotatable bonds is 5. The van der Waals surface area contributed by atoms with Crippen molar-refractivity contribution in [2.24, 2.45) is 5.73 Å². The predicted molar refractivity (Wildman–Crippen MR) is 66.0 cm³/mol. The molecule has 1 atom stereocenters. The van der Waals surface area contributed by atoms with Crippen molar-refractivity contribution in [3.8, 4) is 0 Å². The molecule has 0 saturated carbocycles. The van der Waals surface area contributed by atoms with Gasteiger partial charge in [-0.05, 0) is 29.9 Å². The molecular formula is C11H16ClNS. The van der Waals surface area contributed by atoms with Crippen molar-refractivity contribution in [2.45, 2.75) is 18.6 Å². The lowest BCUT2D eigenvalue weighted by atomic mass is 10.1. The highest BCUT2D eigenvalue weighted by molar-refractivity contribution is 7.99. The lowest BCUT2D eigenvalue weighted by Gasteiger charge is -2.14. The fourth-order valence-electron chi connectivity index (χ4n) is 1.27. The Labute approximate surface area is 95.0 Å². The van der Waals surface area contributed by atoms with Gasteiger partial charge in [-0.3, -0.25) is 0 Å². The largest absolute Gasteiger partial charge is 0.329 e. The average molecular weight is 230 g/mol. The molecule has 1 aromatic carbocycles. The maximum absolute atomic E-state index is 5.93. The Hall–Kier alpha value is -0.180. The Morgan fingerprint density at radius 1 is 1.50 bits per heavy atom. The van der Waals surface area contributed by atoms with Crippen LogP contribution in [0.3, 0.4) is 0 Å². The van der Waals surface area contributed by atoms with Gasteiger partial charge < -0.3 is 5.73 Å². The first kappa shape index (κ1) is 11.9. The Morgan fingerprint density at radius 3 is 2.86 bits per heavy atom. The average Bonchev–Trinajstić information content (AvgIpc) is 2.19. The summed E-state index contributed by atoms with van der Waals surface area (Å²) in [7, 11) is 0. The van der Waals surface area contributed by atoms with Crippen LogP contribution >= 0.6 is 23.4 Å². The minimum Gasteiger partial charge on any atom is -0.329 e. The van der Waals surface area contributed by atoms with Gasteiger partial charge >= 0.3 is 0 Å². The van der Waals surface area contributed by atoms with Gasteiger partial charge in [0, 0.05) is 16.8 Å². The Morgan fingerprint density at radius 2 is 2.29 bits per heavy atom. The number of nitrogens with two attached hydrogens (primary N) is 1. The maximum atomic E-state index is 5.93. The van der Waals surface area contributed by atoms with E-state index in [-0.39, 0.29) is 0 Å². The SMILES string of the molecule is CCCSC(CN)c1cccc(Cl)c1. The van der Waals surface area contributed by atoms with E-state index in [1.165, 1.54) is 12.0 Å². The van der Waals surface area contributed by atoms with E-state index in [4.69, 9.17) is 17.3 Å². The van der Waals surface area contributed by atoms with Crippen LogP contribution in [0.15, 0.2) is 24.3 Å². The summed E-state index contributed by atoms with van der Waals surface area (Å²) in [5.41, 5.74) is 6.97. The molecular weight excluding hydrogens is 214 g/mol. The summed E-state index contributed by atoms with van der Waals surface area (Å²) in [6, 6.07) is 7.96. The molecule has 14 heavy (non-hydrogen) atoms. The van der Waals surface area contributed by atoms with Crippen molar-refractivity contribution in [1.82, 2.24) is 0 Å². The number of benzene rings is 1. The van der Waals surface area contributed by atoms with Gasteiger partial charge in [0.15, 0.2) is 0 Å². The van der Waals surface area contributed by atoms with E-state index in [0.717, 1.165) is 10.8 Å². The van der Waals surface area contributed by atoms with Crippen LogP contribution in [-0.2, 0) is 0 Å². The van der Waals surface area contributed by atoms with Crippen molar-refractivity contribution in [3.63, 3.8) is 0 Å². The van der Waals surface area contributed by atoms with Gasteiger partial charge in [0.2, 0.25) is 0 Å². The van der Waals surface area contributed by atoms with Crippen LogP contribution in [0.2, 0.25) is 5.02 Å². The molecule has 1 unspecified atom stereocenters. The molecule has 1 rings (SSSR count). The van der Waals surface area contributed by atoms with E-state index < -0.39 is 0 Å². The fourth-order valence-corrected chi connectivity index (χ4v) is 2.46. The first-order valence-corrected chi connectivity index (χ1v) is 6.27. The highest BCUT2D eigenvalue weighted by Crippen LogP contribution is 2.29. The van der Waals surface area contributed by atoms with Crippen LogP contribution in [0.25, 0.3) is 0 Å². The van der Waals surface area contributed by atoms with E-state index in [2.05, 4.69) is 13.0 Å². The van der Waals surface area contributed by atoms with Crippen molar-refractivity contribution >= 4 is 23.4 Å². The third-order valence-electron chi connectivity index (χ3n) is 1.96. The van der Waals surface area contributed by atoms with Gasteiger partial charge in [-0.25, -0.2) is 0 Å². The summed E-state index contributed by atoms with van der Waals surface area (Å²) in [4.78, 5) is 0. The minimum atomic E-state index is 0.383. The maximum Gasteiger partial charge on any atom is 0.0420 e. The quantitative estimate of drug-likeness (QED) is 0.837. The summed E-state index contributed by atoms with van der Waals surface area (Å²) < 4.78 is 0. The standard InChI is InChI=1S/C11H16ClNS/c1-2-6-14-11(8-13)9-4-3-5-10(12)7-9/h3-5,7,11H,2,6,8,13H2,1H3. The predicted octanol–water partition coefficient (Wildman–Crippen LogP) is 3.48. The van der Waals surface area contributed by atoms with Crippen LogP contribution in [-0.4, -0.2) is 12.3 Å². The van der Waals surface area contributed by atoms with Crippen LogP contribution in [0.4, 0.5) is 0 Å². The van der Waals surface area contributed by atoms with Crippen LogP contribution in [0, 0.1) is 0 Å². The molecule has 0 heterocycles. The molecule has 0 spiro atoms. The molecule has 1 nitrogen and oxygen atoms in total. The van der Waals surface area contributed by atoms with E-state index in [0.29, 0.717) is 11.8 Å². The molecule has 0 radical (unpaired) electrons. The van der Waals surface area contributed by atoms with Gasteiger partial charge in [-0.15, -0.1) is 0 Å². The lowest BCUT2D eigenvalue weighted by Crippen LogP contribution is -2.09. The smallest absolute Gasteiger partial charge is 0.0420 e. The molecule has 0 aromatic heterocycles. The van der Waals surface area contributed by atoms with Crippen molar-refractivity contribution < 1.29 is 0 Å². The topological polar surface area (TPSA) is 26.0 Å². The molecule has 0 saturated heterocycles. The molecule has 2 N–H and O–H groups in total. The number of hydrogen-bond acceptors (Lipinski definition) is 2. The first-order valence-electron chi connectivity index (χ1n) is 4.85. The fraction of sp³-hybridized carbons (Fsp3) is 0.455. The van der Waals surface area contributed by atoms with Crippen LogP contribution in [0.1, 0.15) is 24.2 Å². The summed E-state index contributed by atoms with van der Waals surface area (Å²) >= 11 is 7.83. The third-order valence-corrected chi connectivity index (χ3v) is 3.70.